The van der Waals surface area contributed by atoms with Crippen LogP contribution in [-0.4, -0.2) is 23.1 Å². The number of carbonyl (C=O) groups excluding carboxylic acids is 4. The lowest BCUT2D eigenvalue weighted by Crippen LogP contribution is -2.41. The van der Waals surface area contributed by atoms with Gasteiger partial charge < -0.3 is 0 Å². The van der Waals surface area contributed by atoms with Gasteiger partial charge >= 0.3 is 0 Å². The van der Waals surface area contributed by atoms with Crippen molar-refractivity contribution in [2.24, 2.45) is 5.41 Å². The fraction of sp³-hybridized carbons (Fsp3) is 0.455. The number of hydrogen-bond acceptors (Lipinski definition) is 4. The van der Waals surface area contributed by atoms with Crippen molar-refractivity contribution in [3.05, 3.63) is 12.8 Å². The Hall–Kier alpha value is -1.32. The smallest absolute Gasteiger partial charge is 0.145 e. The van der Waals surface area contributed by atoms with Gasteiger partial charge in [0.25, 0.3) is 0 Å². The molecular formula is C11H10O4. The van der Waals surface area contributed by atoms with Gasteiger partial charge in [0.1, 0.15) is 23.1 Å². The van der Waals surface area contributed by atoms with E-state index >= 15 is 0 Å². The predicted molar refractivity (Wildman–Crippen MR) is 49.5 cm³/mol. The Morgan fingerprint density at radius 2 is 0.933 bits per heavy atom. The van der Waals surface area contributed by atoms with Crippen molar-refractivity contribution in [1.82, 2.24) is 0 Å². The summed E-state index contributed by atoms with van der Waals surface area (Å²) in [6, 6.07) is 0. The zero-order chi connectivity index (χ0) is 11.1. The molecule has 2 saturated carbocycles. The van der Waals surface area contributed by atoms with Gasteiger partial charge in [0.2, 0.25) is 0 Å². The molecule has 0 aromatic carbocycles. The van der Waals surface area contributed by atoms with Crippen molar-refractivity contribution in [1.29, 1.82) is 0 Å². The van der Waals surface area contributed by atoms with Crippen molar-refractivity contribution in [3.8, 4) is 0 Å². The first-order valence-electron chi connectivity index (χ1n) is 4.80. The second-order valence-corrected chi connectivity index (χ2v) is 4.36. The Bertz CT molecular complexity index is 295. The second-order valence-electron chi connectivity index (χ2n) is 4.36. The molecule has 2 aliphatic rings. The minimum Gasteiger partial charge on any atom is -0.299 e. The number of rotatable bonds is 0. The normalized spacial score (nSPS) is 26.1. The summed E-state index contributed by atoms with van der Waals surface area (Å²) in [5, 5.41) is 0. The standard InChI is InChI=1S/C11H10O4/c12-7-1-8(13)4-11(3-7)5-9(14)2-10(15)6-11/h1-2H,3-6H2. The summed E-state index contributed by atoms with van der Waals surface area (Å²) in [5.74, 6) is -1.08. The van der Waals surface area contributed by atoms with Crippen molar-refractivity contribution >= 4 is 23.1 Å². The van der Waals surface area contributed by atoms with Gasteiger partial charge in [0.15, 0.2) is 0 Å². The summed E-state index contributed by atoms with van der Waals surface area (Å²) in [5.41, 5.74) is -0.716. The summed E-state index contributed by atoms with van der Waals surface area (Å²) in [6.07, 6.45) is 2.71. The fourth-order valence-electron chi connectivity index (χ4n) is 2.42. The van der Waals surface area contributed by atoms with Crippen LogP contribution in [0.5, 0.6) is 0 Å². The van der Waals surface area contributed by atoms with Crippen molar-refractivity contribution in [2.75, 3.05) is 0 Å². The first-order valence-corrected chi connectivity index (χ1v) is 4.80. The van der Waals surface area contributed by atoms with Crippen LogP contribution in [0.4, 0.5) is 0 Å². The van der Waals surface area contributed by atoms with Gasteiger partial charge in [-0.25, -0.2) is 0 Å². The molecule has 2 fully saturated rings. The zero-order valence-corrected chi connectivity index (χ0v) is 8.12. The van der Waals surface area contributed by atoms with Gasteiger partial charge in [-0.2, -0.15) is 0 Å². The molecule has 2 rings (SSSR count). The van der Waals surface area contributed by atoms with E-state index in [0.29, 0.717) is 0 Å². The van der Waals surface area contributed by atoms with Crippen LogP contribution in [0.15, 0.2) is 0 Å². The van der Waals surface area contributed by atoms with Crippen LogP contribution < -0.4 is 0 Å². The number of hydrogen-bond donors (Lipinski definition) is 0. The van der Waals surface area contributed by atoms with Crippen molar-refractivity contribution in [2.45, 2.75) is 25.7 Å². The lowest BCUT2D eigenvalue weighted by molar-refractivity contribution is -0.135. The van der Waals surface area contributed by atoms with E-state index in [1.165, 1.54) is 0 Å². The fourth-order valence-corrected chi connectivity index (χ4v) is 2.42. The Kier molecular flexibility index (Phi) is 2.29. The highest BCUT2D eigenvalue weighted by atomic mass is 16.2. The number of carbonyl (C=O) groups is 4. The third-order valence-electron chi connectivity index (χ3n) is 2.84. The summed E-state index contributed by atoms with van der Waals surface area (Å²) in [6.45, 7) is 0. The SMILES string of the molecule is O=C1[CH]C(=O)CC2(C1)CC(=O)[CH]C(=O)C2. The van der Waals surface area contributed by atoms with E-state index < -0.39 is 5.41 Å². The van der Waals surface area contributed by atoms with Crippen LogP contribution in [-0.2, 0) is 19.2 Å². The first kappa shape index (κ1) is 10.2. The molecule has 15 heavy (non-hydrogen) atoms. The zero-order valence-electron chi connectivity index (χ0n) is 8.12. The van der Waals surface area contributed by atoms with Crippen LogP contribution >= 0.6 is 0 Å². The molecule has 0 atom stereocenters. The number of ketones is 4. The summed E-state index contributed by atoms with van der Waals surface area (Å²) >= 11 is 0. The molecular weight excluding hydrogens is 196 g/mol. The molecule has 78 valence electrons. The first-order chi connectivity index (χ1) is 6.99. The Morgan fingerprint density at radius 3 is 1.20 bits per heavy atom. The maximum atomic E-state index is 11.3. The lowest BCUT2D eigenvalue weighted by Gasteiger charge is -2.36. The van der Waals surface area contributed by atoms with Gasteiger partial charge in [0, 0.05) is 25.7 Å². The molecule has 0 N–H and O–H groups in total. The van der Waals surface area contributed by atoms with Crippen LogP contribution in [0.1, 0.15) is 25.7 Å². The third kappa shape index (κ3) is 2.03. The molecule has 4 heteroatoms. The van der Waals surface area contributed by atoms with E-state index in [1.54, 1.807) is 0 Å². The van der Waals surface area contributed by atoms with E-state index in [0.717, 1.165) is 12.8 Å². The van der Waals surface area contributed by atoms with Crippen LogP contribution in [0.25, 0.3) is 0 Å². The Labute approximate surface area is 87.0 Å². The highest BCUT2D eigenvalue weighted by Crippen LogP contribution is 2.42. The average Bonchev–Trinajstić information content (AvgIpc) is 1.96. The molecule has 1 spiro atoms. The van der Waals surface area contributed by atoms with Gasteiger partial charge in [-0.05, 0) is 5.41 Å². The third-order valence-corrected chi connectivity index (χ3v) is 2.84. The quantitative estimate of drug-likeness (QED) is 0.569. The molecule has 0 aromatic rings. The van der Waals surface area contributed by atoms with Gasteiger partial charge in [-0.3, -0.25) is 19.2 Å². The Balaban J connectivity index is 2.24. The van der Waals surface area contributed by atoms with Crippen molar-refractivity contribution < 1.29 is 19.2 Å². The molecule has 0 saturated heterocycles. The van der Waals surface area contributed by atoms with Crippen molar-refractivity contribution in [3.63, 3.8) is 0 Å². The van der Waals surface area contributed by atoms with E-state index in [-0.39, 0.29) is 48.8 Å². The van der Waals surface area contributed by atoms with Gasteiger partial charge in [0.05, 0.1) is 12.8 Å². The van der Waals surface area contributed by atoms with Crippen LogP contribution in [0.2, 0.25) is 0 Å². The average molecular weight is 206 g/mol. The summed E-state index contributed by atoms with van der Waals surface area (Å²) in [7, 11) is 0. The molecule has 2 radical (unpaired) electrons. The second kappa shape index (κ2) is 3.36. The molecule has 0 aliphatic heterocycles. The minimum absolute atomic E-state index is 0.143. The van der Waals surface area contributed by atoms with Crippen LogP contribution in [0, 0.1) is 18.3 Å². The Morgan fingerprint density at radius 1 is 0.667 bits per heavy atom. The van der Waals surface area contributed by atoms with Gasteiger partial charge in [-0.1, -0.05) is 0 Å². The van der Waals surface area contributed by atoms with E-state index in [9.17, 15) is 19.2 Å². The molecule has 2 aliphatic carbocycles. The van der Waals surface area contributed by atoms with E-state index in [2.05, 4.69) is 0 Å². The lowest BCUT2D eigenvalue weighted by atomic mass is 9.64. The van der Waals surface area contributed by atoms with E-state index in [4.69, 9.17) is 0 Å². The van der Waals surface area contributed by atoms with E-state index in [1.807, 2.05) is 0 Å². The molecule has 0 heterocycles. The van der Waals surface area contributed by atoms with Crippen LogP contribution in [0.3, 0.4) is 0 Å². The highest BCUT2D eigenvalue weighted by molar-refractivity contribution is 6.17. The summed E-state index contributed by atoms with van der Waals surface area (Å²) in [4.78, 5) is 45.0. The maximum Gasteiger partial charge on any atom is 0.145 e. The monoisotopic (exact) mass is 206 g/mol. The van der Waals surface area contributed by atoms with Gasteiger partial charge in [-0.15, -0.1) is 0 Å². The maximum absolute atomic E-state index is 11.3. The summed E-state index contributed by atoms with van der Waals surface area (Å²) < 4.78 is 0. The molecule has 0 unspecified atom stereocenters. The molecule has 4 nitrogen and oxygen atoms in total. The molecule has 0 bridgehead atoms. The largest absolute Gasteiger partial charge is 0.299 e. The molecule has 0 amide bonds. The predicted octanol–water partition coefficient (Wildman–Crippen LogP) is 0.245. The molecule has 0 aromatic heterocycles. The topological polar surface area (TPSA) is 68.3 Å². The number of Topliss-reactive ketones (excluding diaryl/α,β-unsaturated/α-hetero) is 4. The minimum atomic E-state index is -0.716. The highest BCUT2D eigenvalue weighted by Gasteiger charge is 2.45.